The molecule has 2 aliphatic rings. The van der Waals surface area contributed by atoms with Crippen molar-refractivity contribution >= 4 is 13.1 Å². The summed E-state index contributed by atoms with van der Waals surface area (Å²) < 4.78 is 44.3. The summed E-state index contributed by atoms with van der Waals surface area (Å²) in [5, 5.41) is 0. The fourth-order valence-corrected chi connectivity index (χ4v) is 2.75. The molecule has 19 heavy (non-hydrogen) atoms. The highest BCUT2D eigenvalue weighted by Crippen LogP contribution is 2.50. The molecule has 0 radical (unpaired) electrons. The zero-order valence-corrected chi connectivity index (χ0v) is 11.5. The standard InChI is InChI=1S/C12H20BF3NO2/c1-12(2,3)19-11(18)17-6-9(8-4-5-8)10(7-17)13(14,15)16/h8-10H,4-7H2,1-3H3/q-1. The lowest BCUT2D eigenvalue weighted by Gasteiger charge is -2.27. The van der Waals surface area contributed by atoms with E-state index in [-0.39, 0.29) is 19.0 Å². The van der Waals surface area contributed by atoms with Crippen LogP contribution < -0.4 is 0 Å². The van der Waals surface area contributed by atoms with Crippen LogP contribution in [0.5, 0.6) is 0 Å². The smallest absolute Gasteiger partial charge is 0.449 e. The van der Waals surface area contributed by atoms with Gasteiger partial charge in [-0.3, -0.25) is 0 Å². The summed E-state index contributed by atoms with van der Waals surface area (Å²) in [5.41, 5.74) is -0.673. The molecule has 2 fully saturated rings. The van der Waals surface area contributed by atoms with Gasteiger partial charge in [0, 0.05) is 13.1 Å². The molecule has 1 aliphatic heterocycles. The molecule has 0 spiro atoms. The molecule has 1 amide bonds. The van der Waals surface area contributed by atoms with Crippen molar-refractivity contribution in [3.8, 4) is 0 Å². The van der Waals surface area contributed by atoms with Gasteiger partial charge in [0.25, 0.3) is 0 Å². The maximum Gasteiger partial charge on any atom is 0.483 e. The number of hydrogen-bond acceptors (Lipinski definition) is 2. The van der Waals surface area contributed by atoms with Crippen molar-refractivity contribution in [2.75, 3.05) is 13.1 Å². The fraction of sp³-hybridized carbons (Fsp3) is 0.917. The molecule has 2 atom stereocenters. The average Bonchev–Trinajstić information content (AvgIpc) is 2.92. The van der Waals surface area contributed by atoms with Gasteiger partial charge in [-0.05, 0) is 45.4 Å². The first kappa shape index (κ1) is 14.5. The molecule has 1 aliphatic carbocycles. The molecular weight excluding hydrogens is 258 g/mol. The molecule has 2 unspecified atom stereocenters. The Hall–Kier alpha value is -0.875. The minimum absolute atomic E-state index is 0.140. The van der Waals surface area contributed by atoms with E-state index < -0.39 is 30.4 Å². The number of rotatable bonds is 2. The molecule has 7 heteroatoms. The summed E-state index contributed by atoms with van der Waals surface area (Å²) >= 11 is 0. The van der Waals surface area contributed by atoms with E-state index in [1.54, 1.807) is 20.8 Å². The van der Waals surface area contributed by atoms with Crippen molar-refractivity contribution < 1.29 is 22.5 Å². The Balaban J connectivity index is 2.03. The molecule has 0 aromatic heterocycles. The Bertz CT molecular complexity index is 363. The third-order valence-electron chi connectivity index (χ3n) is 3.78. The number of carbonyl (C=O) groups excluding carboxylic acids is 1. The maximum atomic E-state index is 13.1. The van der Waals surface area contributed by atoms with Gasteiger partial charge in [0.1, 0.15) is 5.60 Å². The van der Waals surface area contributed by atoms with Crippen molar-refractivity contribution in [2.24, 2.45) is 11.8 Å². The highest BCUT2D eigenvalue weighted by Gasteiger charge is 2.51. The number of carbonyl (C=O) groups is 1. The molecule has 3 nitrogen and oxygen atoms in total. The fourth-order valence-electron chi connectivity index (χ4n) is 2.75. The zero-order valence-electron chi connectivity index (χ0n) is 11.5. The second kappa shape index (κ2) is 4.60. The van der Waals surface area contributed by atoms with Crippen molar-refractivity contribution in [3.05, 3.63) is 0 Å². The van der Waals surface area contributed by atoms with E-state index in [0.29, 0.717) is 0 Å². The molecule has 1 saturated carbocycles. The Morgan fingerprint density at radius 3 is 2.21 bits per heavy atom. The second-order valence-electron chi connectivity index (χ2n) is 6.68. The number of amides is 1. The van der Waals surface area contributed by atoms with Gasteiger partial charge in [0.05, 0.1) is 0 Å². The van der Waals surface area contributed by atoms with Crippen LogP contribution in [0.4, 0.5) is 17.7 Å². The van der Waals surface area contributed by atoms with E-state index in [2.05, 4.69) is 0 Å². The summed E-state index contributed by atoms with van der Waals surface area (Å²) in [6.45, 7) is 0.193. The van der Waals surface area contributed by atoms with Gasteiger partial charge >= 0.3 is 13.1 Å². The predicted molar refractivity (Wildman–Crippen MR) is 66.8 cm³/mol. The monoisotopic (exact) mass is 278 g/mol. The van der Waals surface area contributed by atoms with Gasteiger partial charge < -0.3 is 22.6 Å². The molecule has 110 valence electrons. The summed E-state index contributed by atoms with van der Waals surface area (Å²) in [6, 6.07) is 0. The minimum atomic E-state index is -4.90. The third-order valence-corrected chi connectivity index (χ3v) is 3.78. The first-order chi connectivity index (χ1) is 8.58. The van der Waals surface area contributed by atoms with Crippen LogP contribution in [-0.2, 0) is 4.74 Å². The second-order valence-corrected chi connectivity index (χ2v) is 6.68. The Morgan fingerprint density at radius 2 is 1.79 bits per heavy atom. The molecule has 0 N–H and O–H groups in total. The van der Waals surface area contributed by atoms with Crippen molar-refractivity contribution in [1.82, 2.24) is 4.90 Å². The van der Waals surface area contributed by atoms with Crippen LogP contribution in [0.3, 0.4) is 0 Å². The molecular formula is C12H20BF3NO2-. The number of likely N-dealkylation sites (tertiary alicyclic amines) is 1. The number of ether oxygens (including phenoxy) is 1. The van der Waals surface area contributed by atoms with Crippen LogP contribution in [0.1, 0.15) is 33.6 Å². The average molecular weight is 278 g/mol. The number of nitrogens with zero attached hydrogens (tertiary/aromatic N) is 1. The highest BCUT2D eigenvalue weighted by molar-refractivity contribution is 6.60. The quantitative estimate of drug-likeness (QED) is 0.724. The predicted octanol–water partition coefficient (Wildman–Crippen LogP) is 3.48. The molecule has 0 bridgehead atoms. The largest absolute Gasteiger partial charge is 0.483 e. The molecule has 1 saturated heterocycles. The maximum absolute atomic E-state index is 13.1. The summed E-state index contributed by atoms with van der Waals surface area (Å²) in [5.74, 6) is -1.62. The summed E-state index contributed by atoms with van der Waals surface area (Å²) in [6.07, 6.45) is 1.09. The first-order valence-electron chi connectivity index (χ1n) is 6.76. The van der Waals surface area contributed by atoms with Crippen LogP contribution in [0, 0.1) is 11.8 Å². The van der Waals surface area contributed by atoms with Gasteiger partial charge in [-0.15, -0.1) is 0 Å². The lowest BCUT2D eigenvalue weighted by atomic mass is 9.66. The zero-order chi connectivity index (χ0) is 14.4. The van der Waals surface area contributed by atoms with E-state index in [9.17, 15) is 17.7 Å². The minimum Gasteiger partial charge on any atom is -0.449 e. The number of hydrogen-bond donors (Lipinski definition) is 0. The van der Waals surface area contributed by atoms with Crippen LogP contribution in [0.2, 0.25) is 5.82 Å². The van der Waals surface area contributed by atoms with Gasteiger partial charge in [-0.1, -0.05) is 5.82 Å². The lowest BCUT2D eigenvalue weighted by molar-refractivity contribution is 0.0286. The SMILES string of the molecule is CC(C)(C)OC(=O)N1CC(C2CC2)C([B-](F)(F)F)C1. The van der Waals surface area contributed by atoms with Crippen LogP contribution >= 0.6 is 0 Å². The van der Waals surface area contributed by atoms with E-state index in [1.165, 1.54) is 4.90 Å². The van der Waals surface area contributed by atoms with Crippen molar-refractivity contribution in [2.45, 2.75) is 45.0 Å². The molecule has 2 rings (SSSR count). The van der Waals surface area contributed by atoms with E-state index in [0.717, 1.165) is 12.8 Å². The third kappa shape index (κ3) is 3.57. The molecule has 0 aromatic carbocycles. The molecule has 0 aromatic rings. The van der Waals surface area contributed by atoms with E-state index in [1.807, 2.05) is 0 Å². The van der Waals surface area contributed by atoms with E-state index in [4.69, 9.17) is 4.74 Å². The van der Waals surface area contributed by atoms with Crippen molar-refractivity contribution in [1.29, 1.82) is 0 Å². The Kier molecular flexibility index (Phi) is 3.52. The topological polar surface area (TPSA) is 29.5 Å². The van der Waals surface area contributed by atoms with Gasteiger partial charge in [-0.25, -0.2) is 4.79 Å². The van der Waals surface area contributed by atoms with Crippen LogP contribution in [-0.4, -0.2) is 36.7 Å². The number of halogens is 3. The van der Waals surface area contributed by atoms with Gasteiger partial charge in [0.2, 0.25) is 0 Å². The van der Waals surface area contributed by atoms with E-state index >= 15 is 0 Å². The van der Waals surface area contributed by atoms with Crippen molar-refractivity contribution in [3.63, 3.8) is 0 Å². The van der Waals surface area contributed by atoms with Crippen LogP contribution in [0.25, 0.3) is 0 Å². The Labute approximate surface area is 111 Å². The normalized spacial score (nSPS) is 28.6. The van der Waals surface area contributed by atoms with Gasteiger partial charge in [-0.2, -0.15) is 0 Å². The molecule has 1 heterocycles. The summed E-state index contributed by atoms with van der Waals surface area (Å²) in [4.78, 5) is 13.1. The van der Waals surface area contributed by atoms with Gasteiger partial charge in [0.15, 0.2) is 0 Å². The Morgan fingerprint density at radius 1 is 1.21 bits per heavy atom. The highest BCUT2D eigenvalue weighted by atomic mass is 19.4. The lowest BCUT2D eigenvalue weighted by Crippen LogP contribution is -2.36. The van der Waals surface area contributed by atoms with Crippen LogP contribution in [0.15, 0.2) is 0 Å². The summed E-state index contributed by atoms with van der Waals surface area (Å²) in [7, 11) is 0. The first-order valence-corrected chi connectivity index (χ1v) is 6.76.